The molecule has 0 aliphatic carbocycles. The third kappa shape index (κ3) is 5.54. The van der Waals surface area contributed by atoms with E-state index < -0.39 is 0 Å². The number of fused-ring (bicyclic) bond motifs is 1. The Hall–Kier alpha value is -4.04. The fourth-order valence-corrected chi connectivity index (χ4v) is 4.82. The molecule has 5 aromatic rings. The van der Waals surface area contributed by atoms with Crippen LogP contribution in [-0.2, 0) is 12.8 Å². The van der Waals surface area contributed by atoms with Crippen molar-refractivity contribution in [3.05, 3.63) is 96.2 Å². The topological polar surface area (TPSA) is 70.9 Å². The maximum atomic E-state index is 4.89. The van der Waals surface area contributed by atoms with Crippen molar-refractivity contribution in [3.63, 3.8) is 0 Å². The third-order valence-electron chi connectivity index (χ3n) is 6.38. The van der Waals surface area contributed by atoms with Gasteiger partial charge in [0, 0.05) is 37.4 Å². The van der Waals surface area contributed by atoms with E-state index >= 15 is 0 Å². The monoisotopic (exact) mass is 509 g/mol. The van der Waals surface area contributed by atoms with Crippen molar-refractivity contribution < 1.29 is 0 Å². The van der Waals surface area contributed by atoms with Gasteiger partial charge in [0.05, 0.1) is 17.1 Å². The standard InChI is InChI=1S/C29H31N7S/c1-20(22-10-6-5-7-11-22)31-29-33-25-18-24(13-14-26(25)36(29)3)35(2)27-15-16-30-28(34-27)32-23-12-8-9-21(17-23)19-37-4/h5-18,20H,19H2,1-4H3,(H,31,33)(H,30,32,34). The molecule has 0 spiro atoms. The summed E-state index contributed by atoms with van der Waals surface area (Å²) in [5.41, 5.74) is 6.45. The molecule has 7 nitrogen and oxygen atoms in total. The van der Waals surface area contributed by atoms with Crippen LogP contribution in [0.15, 0.2) is 85.1 Å². The molecule has 1 atom stereocenters. The highest BCUT2D eigenvalue weighted by atomic mass is 32.2. The van der Waals surface area contributed by atoms with Gasteiger partial charge >= 0.3 is 0 Å². The van der Waals surface area contributed by atoms with Crippen LogP contribution in [0, 0.1) is 0 Å². The van der Waals surface area contributed by atoms with E-state index in [-0.39, 0.29) is 6.04 Å². The van der Waals surface area contributed by atoms with Gasteiger partial charge in [-0.15, -0.1) is 0 Å². The van der Waals surface area contributed by atoms with Gasteiger partial charge in [0.2, 0.25) is 11.9 Å². The van der Waals surface area contributed by atoms with E-state index in [1.54, 1.807) is 18.0 Å². The van der Waals surface area contributed by atoms with Gasteiger partial charge in [-0.25, -0.2) is 9.97 Å². The average molecular weight is 510 g/mol. The second-order valence-corrected chi connectivity index (χ2v) is 9.87. The lowest BCUT2D eigenvalue weighted by molar-refractivity contribution is 0.832. The Morgan fingerprint density at radius 1 is 0.973 bits per heavy atom. The molecule has 3 aromatic carbocycles. The zero-order chi connectivity index (χ0) is 25.8. The maximum Gasteiger partial charge on any atom is 0.229 e. The smallest absolute Gasteiger partial charge is 0.229 e. The largest absolute Gasteiger partial charge is 0.349 e. The average Bonchev–Trinajstić information content (AvgIpc) is 3.23. The Morgan fingerprint density at radius 3 is 2.62 bits per heavy atom. The summed E-state index contributed by atoms with van der Waals surface area (Å²) in [5.74, 6) is 3.16. The molecule has 5 rings (SSSR count). The molecule has 2 N–H and O–H groups in total. The van der Waals surface area contributed by atoms with Crippen LogP contribution in [0.1, 0.15) is 24.1 Å². The number of thioether (sulfide) groups is 1. The minimum Gasteiger partial charge on any atom is -0.349 e. The first-order valence-electron chi connectivity index (χ1n) is 12.2. The first kappa shape index (κ1) is 24.6. The van der Waals surface area contributed by atoms with Crippen LogP contribution < -0.4 is 15.5 Å². The highest BCUT2D eigenvalue weighted by Gasteiger charge is 2.14. The Kier molecular flexibility index (Phi) is 7.28. The molecular formula is C29H31N7S. The Labute approximate surface area is 222 Å². The van der Waals surface area contributed by atoms with E-state index in [2.05, 4.69) is 94.0 Å². The van der Waals surface area contributed by atoms with Crippen molar-refractivity contribution in [1.82, 2.24) is 19.5 Å². The second kappa shape index (κ2) is 10.9. The molecule has 2 heterocycles. The normalized spacial score (nSPS) is 11.9. The molecule has 0 fully saturated rings. The van der Waals surface area contributed by atoms with Crippen LogP contribution in [-0.4, -0.2) is 32.8 Å². The lowest BCUT2D eigenvalue weighted by atomic mass is 10.1. The van der Waals surface area contributed by atoms with Gasteiger partial charge in [-0.2, -0.15) is 16.7 Å². The van der Waals surface area contributed by atoms with Crippen molar-refractivity contribution in [1.29, 1.82) is 0 Å². The lowest BCUT2D eigenvalue weighted by Gasteiger charge is -2.19. The lowest BCUT2D eigenvalue weighted by Crippen LogP contribution is -2.12. The summed E-state index contributed by atoms with van der Waals surface area (Å²) in [4.78, 5) is 16.1. The van der Waals surface area contributed by atoms with Gasteiger partial charge in [-0.3, -0.25) is 0 Å². The molecule has 1 unspecified atom stereocenters. The molecule has 0 aliphatic heterocycles. The SMILES string of the molecule is CSCc1cccc(Nc2nccc(N(C)c3ccc4c(c3)nc(NC(C)c3ccccc3)n4C)n2)c1. The molecule has 37 heavy (non-hydrogen) atoms. The summed E-state index contributed by atoms with van der Waals surface area (Å²) in [6.45, 7) is 2.15. The number of nitrogens with zero attached hydrogens (tertiary/aromatic N) is 5. The summed E-state index contributed by atoms with van der Waals surface area (Å²) in [5, 5.41) is 6.89. The van der Waals surface area contributed by atoms with E-state index in [1.165, 1.54) is 11.1 Å². The number of anilines is 5. The minimum absolute atomic E-state index is 0.146. The maximum absolute atomic E-state index is 4.89. The van der Waals surface area contributed by atoms with Crippen molar-refractivity contribution in [2.75, 3.05) is 28.8 Å². The van der Waals surface area contributed by atoms with Gasteiger partial charge in [-0.05, 0) is 60.7 Å². The fraction of sp³-hybridized carbons (Fsp3) is 0.207. The summed E-state index contributed by atoms with van der Waals surface area (Å²) in [7, 11) is 4.04. The molecule has 2 aromatic heterocycles. The van der Waals surface area contributed by atoms with Gasteiger partial charge in [0.1, 0.15) is 5.82 Å². The van der Waals surface area contributed by atoms with E-state index in [4.69, 9.17) is 9.97 Å². The summed E-state index contributed by atoms with van der Waals surface area (Å²) in [6, 6.07) is 27.1. The number of aryl methyl sites for hydroxylation is 1. The number of hydrogen-bond acceptors (Lipinski definition) is 7. The first-order valence-corrected chi connectivity index (χ1v) is 13.6. The van der Waals surface area contributed by atoms with Crippen LogP contribution in [0.25, 0.3) is 11.0 Å². The van der Waals surface area contributed by atoms with Crippen molar-refractivity contribution >= 4 is 51.9 Å². The summed E-state index contributed by atoms with van der Waals surface area (Å²) in [6.07, 6.45) is 3.88. The van der Waals surface area contributed by atoms with Crippen LogP contribution in [0.3, 0.4) is 0 Å². The Balaban J connectivity index is 1.36. The number of aromatic nitrogens is 4. The summed E-state index contributed by atoms with van der Waals surface area (Å²) < 4.78 is 2.09. The van der Waals surface area contributed by atoms with Gasteiger partial charge in [0.15, 0.2) is 0 Å². The van der Waals surface area contributed by atoms with Crippen molar-refractivity contribution in [2.24, 2.45) is 7.05 Å². The van der Waals surface area contributed by atoms with E-state index in [0.717, 1.165) is 39.9 Å². The highest BCUT2D eigenvalue weighted by molar-refractivity contribution is 7.97. The van der Waals surface area contributed by atoms with Crippen LogP contribution in [0.5, 0.6) is 0 Å². The van der Waals surface area contributed by atoms with Crippen molar-refractivity contribution in [2.45, 2.75) is 18.7 Å². The van der Waals surface area contributed by atoms with Gasteiger partial charge in [0.25, 0.3) is 0 Å². The molecule has 0 saturated heterocycles. The van der Waals surface area contributed by atoms with Crippen LogP contribution >= 0.6 is 11.8 Å². The molecular weight excluding hydrogens is 478 g/mol. The predicted octanol–water partition coefficient (Wildman–Crippen LogP) is 6.91. The van der Waals surface area contributed by atoms with Crippen LogP contribution in [0.4, 0.5) is 29.1 Å². The number of nitrogens with one attached hydrogen (secondary N) is 2. The van der Waals surface area contributed by atoms with E-state index in [1.807, 2.05) is 37.2 Å². The van der Waals surface area contributed by atoms with Gasteiger partial charge < -0.3 is 20.1 Å². The molecule has 0 radical (unpaired) electrons. The molecule has 0 aliphatic rings. The summed E-state index contributed by atoms with van der Waals surface area (Å²) >= 11 is 1.80. The minimum atomic E-state index is 0.146. The molecule has 0 saturated carbocycles. The van der Waals surface area contributed by atoms with Crippen molar-refractivity contribution in [3.8, 4) is 0 Å². The highest BCUT2D eigenvalue weighted by Crippen LogP contribution is 2.29. The van der Waals surface area contributed by atoms with E-state index in [0.29, 0.717) is 5.95 Å². The number of imidazole rings is 1. The zero-order valence-corrected chi connectivity index (χ0v) is 22.3. The fourth-order valence-electron chi connectivity index (χ4n) is 4.31. The van der Waals surface area contributed by atoms with Crippen LogP contribution in [0.2, 0.25) is 0 Å². The Morgan fingerprint density at radius 2 is 1.81 bits per heavy atom. The number of benzene rings is 3. The molecule has 0 bridgehead atoms. The number of hydrogen-bond donors (Lipinski definition) is 2. The second-order valence-electron chi connectivity index (χ2n) is 9.00. The van der Waals surface area contributed by atoms with Gasteiger partial charge in [-0.1, -0.05) is 42.5 Å². The quantitative estimate of drug-likeness (QED) is 0.224. The Bertz CT molecular complexity index is 1500. The molecule has 8 heteroatoms. The molecule has 0 amide bonds. The zero-order valence-electron chi connectivity index (χ0n) is 21.5. The first-order chi connectivity index (χ1) is 18.0. The number of rotatable bonds is 9. The molecule has 188 valence electrons. The predicted molar refractivity (Wildman–Crippen MR) is 156 cm³/mol. The van der Waals surface area contributed by atoms with E-state index in [9.17, 15) is 0 Å². The third-order valence-corrected chi connectivity index (χ3v) is 7.00.